The minimum Gasteiger partial charge on any atom is -0.338 e. The maximum Gasteiger partial charge on any atom is 0.263 e. The Balaban J connectivity index is 1.69. The second-order valence-electron chi connectivity index (χ2n) is 5.65. The third-order valence-electron chi connectivity index (χ3n) is 4.30. The first kappa shape index (κ1) is 13.4. The molecule has 1 atom stereocenters. The third-order valence-corrected chi connectivity index (χ3v) is 5.74. The number of amides is 1. The predicted molar refractivity (Wildman–Crippen MR) is 80.3 cm³/mol. The molecule has 0 N–H and O–H groups in total. The second-order valence-corrected chi connectivity index (χ2v) is 7.16. The van der Waals surface area contributed by atoms with Crippen LogP contribution >= 0.6 is 22.9 Å². The Hall–Kier alpha value is -0.540. The highest BCUT2D eigenvalue weighted by atomic mass is 35.5. The number of nitrogens with zero attached hydrogens (tertiary/aromatic N) is 1. The zero-order valence-electron chi connectivity index (χ0n) is 11.2. The second kappa shape index (κ2) is 5.84. The van der Waals surface area contributed by atoms with Gasteiger partial charge in [-0.25, -0.2) is 0 Å². The molecule has 0 aromatic carbocycles. The fourth-order valence-corrected chi connectivity index (χ4v) is 4.69. The normalized spacial score (nSPS) is 22.6. The highest BCUT2D eigenvalue weighted by Crippen LogP contribution is 2.31. The molecule has 2 heterocycles. The van der Waals surface area contributed by atoms with Crippen molar-refractivity contribution in [1.29, 1.82) is 0 Å². The van der Waals surface area contributed by atoms with E-state index in [1.807, 2.05) is 4.90 Å². The van der Waals surface area contributed by atoms with Crippen LogP contribution in [0.25, 0.3) is 0 Å². The summed E-state index contributed by atoms with van der Waals surface area (Å²) in [6.07, 6.45) is 7.04. The number of hydrogen-bond donors (Lipinski definition) is 0. The van der Waals surface area contributed by atoms with Crippen LogP contribution in [0.15, 0.2) is 6.07 Å². The monoisotopic (exact) mass is 297 g/mol. The molecule has 1 amide bonds. The fraction of sp³-hybridized carbons (Fsp3) is 0.667. The molecule has 104 valence electrons. The van der Waals surface area contributed by atoms with E-state index in [9.17, 15) is 4.79 Å². The maximum atomic E-state index is 12.5. The average Bonchev–Trinajstić information content (AvgIpc) is 3.04. The number of likely N-dealkylation sites (tertiary alicyclic amines) is 1. The van der Waals surface area contributed by atoms with Crippen molar-refractivity contribution >= 4 is 28.8 Å². The predicted octanol–water partition coefficient (Wildman–Crippen LogP) is 3.72. The number of carbonyl (C=O) groups is 1. The van der Waals surface area contributed by atoms with Crippen LogP contribution in [0.5, 0.6) is 0 Å². The topological polar surface area (TPSA) is 20.3 Å². The highest BCUT2D eigenvalue weighted by molar-refractivity contribution is 7.14. The zero-order valence-corrected chi connectivity index (χ0v) is 12.7. The minimum atomic E-state index is 0.247. The molecule has 1 aliphatic carbocycles. The van der Waals surface area contributed by atoms with E-state index in [4.69, 9.17) is 11.6 Å². The minimum absolute atomic E-state index is 0.247. The van der Waals surface area contributed by atoms with E-state index in [0.29, 0.717) is 11.8 Å². The van der Waals surface area contributed by atoms with Crippen LogP contribution in [0.4, 0.5) is 0 Å². The molecule has 1 aromatic rings. The molecule has 4 heteroatoms. The highest BCUT2D eigenvalue weighted by Gasteiger charge is 2.28. The quantitative estimate of drug-likeness (QED) is 0.779. The van der Waals surface area contributed by atoms with E-state index in [1.165, 1.54) is 29.7 Å². The van der Waals surface area contributed by atoms with Gasteiger partial charge in [0.05, 0.1) is 4.88 Å². The number of carbonyl (C=O) groups excluding carboxylic acids is 1. The van der Waals surface area contributed by atoms with Gasteiger partial charge in [-0.3, -0.25) is 4.79 Å². The number of rotatable bonds is 3. The molecule has 2 aliphatic rings. The largest absolute Gasteiger partial charge is 0.338 e. The van der Waals surface area contributed by atoms with Gasteiger partial charge in [-0.2, -0.15) is 0 Å². The first-order valence-corrected chi connectivity index (χ1v) is 8.60. The Labute approximate surface area is 123 Å². The molecule has 0 saturated carbocycles. The van der Waals surface area contributed by atoms with Gasteiger partial charge < -0.3 is 4.90 Å². The summed E-state index contributed by atoms with van der Waals surface area (Å²) in [5, 5.41) is 0. The standard InChI is InChI=1S/C15H20ClNOS/c16-7-5-11-6-8-17(10-11)15(18)14-9-12-3-1-2-4-13(12)19-14/h9,11H,1-8,10H2. The lowest BCUT2D eigenvalue weighted by Crippen LogP contribution is -2.28. The summed E-state index contributed by atoms with van der Waals surface area (Å²) >= 11 is 7.52. The maximum absolute atomic E-state index is 12.5. The lowest BCUT2D eigenvalue weighted by Gasteiger charge is -2.15. The lowest BCUT2D eigenvalue weighted by molar-refractivity contribution is 0.0791. The molecule has 1 aromatic heterocycles. The van der Waals surface area contributed by atoms with Gasteiger partial charge in [0.1, 0.15) is 0 Å². The van der Waals surface area contributed by atoms with Gasteiger partial charge in [0.2, 0.25) is 0 Å². The smallest absolute Gasteiger partial charge is 0.263 e. The van der Waals surface area contributed by atoms with Gasteiger partial charge in [0, 0.05) is 23.8 Å². The number of thiophene rings is 1. The Bertz CT molecular complexity index is 447. The lowest BCUT2D eigenvalue weighted by atomic mass is 9.99. The fourth-order valence-electron chi connectivity index (χ4n) is 3.16. The molecule has 0 bridgehead atoms. The number of hydrogen-bond acceptors (Lipinski definition) is 2. The summed E-state index contributed by atoms with van der Waals surface area (Å²) in [6, 6.07) is 2.15. The third kappa shape index (κ3) is 2.82. The van der Waals surface area contributed by atoms with Gasteiger partial charge in [-0.05, 0) is 56.1 Å². The molecule has 3 rings (SSSR count). The van der Waals surface area contributed by atoms with E-state index < -0.39 is 0 Å². The van der Waals surface area contributed by atoms with Gasteiger partial charge >= 0.3 is 0 Å². The molecule has 1 aliphatic heterocycles. The summed E-state index contributed by atoms with van der Waals surface area (Å²) in [7, 11) is 0. The van der Waals surface area contributed by atoms with E-state index in [2.05, 4.69) is 6.07 Å². The van der Waals surface area contributed by atoms with Crippen LogP contribution in [0.2, 0.25) is 0 Å². The van der Waals surface area contributed by atoms with Crippen molar-refractivity contribution in [3.05, 3.63) is 21.4 Å². The van der Waals surface area contributed by atoms with Crippen molar-refractivity contribution in [3.8, 4) is 0 Å². The van der Waals surface area contributed by atoms with Crippen molar-refractivity contribution < 1.29 is 4.79 Å². The van der Waals surface area contributed by atoms with E-state index in [-0.39, 0.29) is 5.91 Å². The number of halogens is 1. The Kier molecular flexibility index (Phi) is 4.13. The van der Waals surface area contributed by atoms with Crippen LogP contribution in [0.1, 0.15) is 45.8 Å². The van der Waals surface area contributed by atoms with Gasteiger partial charge in [0.25, 0.3) is 5.91 Å². The van der Waals surface area contributed by atoms with E-state index >= 15 is 0 Å². The van der Waals surface area contributed by atoms with Crippen LogP contribution in [-0.2, 0) is 12.8 Å². The Morgan fingerprint density at radius 2 is 2.26 bits per heavy atom. The molecule has 1 saturated heterocycles. The molecule has 1 unspecified atom stereocenters. The van der Waals surface area contributed by atoms with Crippen LogP contribution < -0.4 is 0 Å². The van der Waals surface area contributed by atoms with E-state index in [0.717, 1.165) is 37.2 Å². The summed E-state index contributed by atoms with van der Waals surface area (Å²) in [6.45, 7) is 1.80. The van der Waals surface area contributed by atoms with Crippen LogP contribution in [0, 0.1) is 5.92 Å². The van der Waals surface area contributed by atoms with Crippen molar-refractivity contribution in [2.45, 2.75) is 38.5 Å². The van der Waals surface area contributed by atoms with Crippen molar-refractivity contribution in [3.63, 3.8) is 0 Å². The van der Waals surface area contributed by atoms with Gasteiger partial charge in [-0.15, -0.1) is 22.9 Å². The van der Waals surface area contributed by atoms with Crippen LogP contribution in [0.3, 0.4) is 0 Å². The molecule has 19 heavy (non-hydrogen) atoms. The van der Waals surface area contributed by atoms with Crippen molar-refractivity contribution in [2.75, 3.05) is 19.0 Å². The number of alkyl halides is 1. The average molecular weight is 298 g/mol. The first-order chi connectivity index (χ1) is 9.28. The molecule has 1 fully saturated rings. The molecule has 0 spiro atoms. The SMILES string of the molecule is O=C(c1cc2c(s1)CCCC2)N1CCC(CCCl)C1. The Morgan fingerprint density at radius 1 is 1.42 bits per heavy atom. The summed E-state index contributed by atoms with van der Waals surface area (Å²) in [5.74, 6) is 1.56. The van der Waals surface area contributed by atoms with Crippen molar-refractivity contribution in [1.82, 2.24) is 4.90 Å². The van der Waals surface area contributed by atoms with Crippen molar-refractivity contribution in [2.24, 2.45) is 5.92 Å². The molecular formula is C15H20ClNOS. The number of aryl methyl sites for hydroxylation is 2. The van der Waals surface area contributed by atoms with E-state index in [1.54, 1.807) is 11.3 Å². The number of fused-ring (bicyclic) bond motifs is 1. The van der Waals surface area contributed by atoms with Crippen LogP contribution in [-0.4, -0.2) is 29.8 Å². The molecule has 0 radical (unpaired) electrons. The summed E-state index contributed by atoms with van der Waals surface area (Å²) in [4.78, 5) is 16.9. The molecular weight excluding hydrogens is 278 g/mol. The molecule has 2 nitrogen and oxygen atoms in total. The van der Waals surface area contributed by atoms with Gasteiger partial charge in [0.15, 0.2) is 0 Å². The first-order valence-electron chi connectivity index (χ1n) is 7.24. The Morgan fingerprint density at radius 3 is 3.05 bits per heavy atom. The zero-order chi connectivity index (χ0) is 13.2. The van der Waals surface area contributed by atoms with Gasteiger partial charge in [-0.1, -0.05) is 0 Å². The summed E-state index contributed by atoms with van der Waals surface area (Å²) < 4.78 is 0. The summed E-state index contributed by atoms with van der Waals surface area (Å²) in [5.41, 5.74) is 1.43.